The molecular weight excluding hydrogens is 338 g/mol. The van der Waals surface area contributed by atoms with Crippen LogP contribution in [0.15, 0.2) is 0 Å². The maximum absolute atomic E-state index is 11.9. The highest BCUT2D eigenvalue weighted by Crippen LogP contribution is 2.33. The summed E-state index contributed by atoms with van der Waals surface area (Å²) in [7, 11) is -4.97. The number of hydrogen-bond acceptors (Lipinski definition) is 5. The van der Waals surface area contributed by atoms with E-state index in [1.165, 1.54) is 17.6 Å². The minimum atomic E-state index is -3.32. The summed E-state index contributed by atoms with van der Waals surface area (Å²) >= 11 is 0. The third-order valence-corrected chi connectivity index (χ3v) is 7.10. The van der Waals surface area contributed by atoms with Crippen molar-refractivity contribution < 1.29 is 21.6 Å². The zero-order valence-corrected chi connectivity index (χ0v) is 17.3. The van der Waals surface area contributed by atoms with Crippen LogP contribution in [0.3, 0.4) is 0 Å². The van der Waals surface area contributed by atoms with Crippen molar-refractivity contribution in [3.8, 4) is 0 Å². The van der Waals surface area contributed by atoms with Gasteiger partial charge in [-0.25, -0.2) is 21.1 Å². The molecule has 0 aromatic rings. The van der Waals surface area contributed by atoms with E-state index in [4.69, 9.17) is 4.74 Å². The molecule has 0 spiro atoms. The first-order valence-electron chi connectivity index (χ1n) is 7.87. The highest BCUT2D eigenvalue weighted by atomic mass is 32.2. The number of rotatable bonds is 10. The summed E-state index contributed by atoms with van der Waals surface area (Å²) in [6.45, 7) is 9.69. The van der Waals surface area contributed by atoms with Crippen molar-refractivity contribution in [1.82, 2.24) is 4.31 Å². The van der Waals surface area contributed by atoms with E-state index in [0.29, 0.717) is 12.8 Å². The molecule has 2 unspecified atom stereocenters. The van der Waals surface area contributed by atoms with Crippen LogP contribution < -0.4 is 0 Å². The van der Waals surface area contributed by atoms with Gasteiger partial charge in [0.2, 0.25) is 10.0 Å². The van der Waals surface area contributed by atoms with Crippen LogP contribution in [0, 0.1) is 5.41 Å². The molecule has 0 N–H and O–H groups in total. The standard InChI is InChI=1S/C15H33NO5S2/c1-9-13(22(7,17)18)10-15(4,5)14(21-12(2)3)11-16(6)23(8,19)20/h12-14H,9-11H2,1-8H3. The van der Waals surface area contributed by atoms with Crippen LogP contribution in [0.5, 0.6) is 0 Å². The molecule has 0 rings (SSSR count). The third-order valence-electron chi connectivity index (χ3n) is 4.11. The van der Waals surface area contributed by atoms with Gasteiger partial charge in [0.15, 0.2) is 0 Å². The van der Waals surface area contributed by atoms with Crippen molar-refractivity contribution in [2.24, 2.45) is 5.41 Å². The summed E-state index contributed by atoms with van der Waals surface area (Å²) < 4.78 is 54.4. The second-order valence-corrected chi connectivity index (χ2v) is 11.7. The van der Waals surface area contributed by atoms with Crippen LogP contribution in [0.4, 0.5) is 0 Å². The van der Waals surface area contributed by atoms with Crippen molar-refractivity contribution in [3.63, 3.8) is 0 Å². The van der Waals surface area contributed by atoms with Crippen molar-refractivity contribution in [2.45, 2.75) is 64.9 Å². The average molecular weight is 372 g/mol. The molecule has 0 bridgehead atoms. The molecule has 2 atom stereocenters. The molecule has 0 fully saturated rings. The second-order valence-electron chi connectivity index (χ2n) is 7.27. The smallest absolute Gasteiger partial charge is 0.211 e. The number of sulfonamides is 1. The highest BCUT2D eigenvalue weighted by molar-refractivity contribution is 7.91. The maximum atomic E-state index is 11.9. The largest absolute Gasteiger partial charge is 0.374 e. The van der Waals surface area contributed by atoms with Crippen LogP contribution >= 0.6 is 0 Å². The molecule has 8 heteroatoms. The number of hydrogen-bond donors (Lipinski definition) is 0. The summed E-state index contributed by atoms with van der Waals surface area (Å²) in [6, 6.07) is 0. The van der Waals surface area contributed by atoms with Crippen molar-refractivity contribution in [1.29, 1.82) is 0 Å². The van der Waals surface area contributed by atoms with E-state index in [1.807, 2.05) is 34.6 Å². The van der Waals surface area contributed by atoms with Crippen LogP contribution in [0.2, 0.25) is 0 Å². The SMILES string of the molecule is CCC(CC(C)(C)C(CN(C)S(C)(=O)=O)OC(C)C)S(C)(=O)=O. The Morgan fingerprint density at radius 1 is 1.09 bits per heavy atom. The zero-order valence-electron chi connectivity index (χ0n) is 15.7. The van der Waals surface area contributed by atoms with Crippen molar-refractivity contribution >= 4 is 19.9 Å². The minimum absolute atomic E-state index is 0.0782. The fourth-order valence-electron chi connectivity index (χ4n) is 2.49. The fourth-order valence-corrected chi connectivity index (χ4v) is 4.23. The van der Waals surface area contributed by atoms with Gasteiger partial charge in [0.1, 0.15) is 9.84 Å². The summed E-state index contributed by atoms with van der Waals surface area (Å²) in [4.78, 5) is 0. The molecule has 0 radical (unpaired) electrons. The first kappa shape index (κ1) is 22.8. The second kappa shape index (κ2) is 8.27. The number of sulfone groups is 1. The van der Waals surface area contributed by atoms with E-state index in [1.54, 1.807) is 0 Å². The Kier molecular flexibility index (Phi) is 8.20. The van der Waals surface area contributed by atoms with E-state index < -0.39 is 36.6 Å². The minimum Gasteiger partial charge on any atom is -0.374 e. The maximum Gasteiger partial charge on any atom is 0.211 e. The Morgan fingerprint density at radius 2 is 1.57 bits per heavy atom. The fraction of sp³-hybridized carbons (Fsp3) is 1.00. The quantitative estimate of drug-likeness (QED) is 0.586. The van der Waals surface area contributed by atoms with Crippen molar-refractivity contribution in [3.05, 3.63) is 0 Å². The lowest BCUT2D eigenvalue weighted by Crippen LogP contribution is -2.46. The molecule has 0 amide bonds. The number of likely N-dealkylation sites (N-methyl/N-ethyl adjacent to an activating group) is 1. The number of ether oxygens (including phenoxy) is 1. The van der Waals surface area contributed by atoms with Gasteiger partial charge in [0.05, 0.1) is 23.7 Å². The van der Waals surface area contributed by atoms with Gasteiger partial charge >= 0.3 is 0 Å². The van der Waals surface area contributed by atoms with Crippen LogP contribution in [-0.2, 0) is 24.6 Å². The molecule has 0 saturated heterocycles. The van der Waals surface area contributed by atoms with E-state index in [0.717, 1.165) is 6.26 Å². The predicted molar refractivity (Wildman–Crippen MR) is 94.8 cm³/mol. The summed E-state index contributed by atoms with van der Waals surface area (Å²) in [5, 5.41) is -0.459. The van der Waals surface area contributed by atoms with Gasteiger partial charge < -0.3 is 4.74 Å². The normalized spacial score (nSPS) is 16.8. The van der Waals surface area contributed by atoms with Gasteiger partial charge in [-0.1, -0.05) is 20.8 Å². The van der Waals surface area contributed by atoms with Crippen molar-refractivity contribution in [2.75, 3.05) is 26.1 Å². The Morgan fingerprint density at radius 3 is 1.87 bits per heavy atom. The third kappa shape index (κ3) is 7.96. The lowest BCUT2D eigenvalue weighted by Gasteiger charge is -2.39. The zero-order chi connectivity index (χ0) is 18.6. The van der Waals surface area contributed by atoms with Gasteiger partial charge in [-0.2, -0.15) is 0 Å². The number of nitrogens with zero attached hydrogens (tertiary/aromatic N) is 1. The van der Waals surface area contributed by atoms with E-state index in [2.05, 4.69) is 0 Å². The lowest BCUT2D eigenvalue weighted by atomic mass is 9.81. The summed E-state index contributed by atoms with van der Waals surface area (Å²) in [6.07, 6.45) is 2.88. The molecule has 0 aliphatic carbocycles. The molecule has 0 aliphatic rings. The molecular formula is C15H33NO5S2. The summed E-state index contributed by atoms with van der Waals surface area (Å²) in [5.41, 5.74) is -0.479. The van der Waals surface area contributed by atoms with Gasteiger partial charge in [-0.05, 0) is 32.1 Å². The Balaban J connectivity index is 5.43. The van der Waals surface area contributed by atoms with Crippen LogP contribution in [0.25, 0.3) is 0 Å². The molecule has 0 aliphatic heterocycles. The molecule has 0 aromatic carbocycles. The molecule has 0 saturated carbocycles. The van der Waals surface area contributed by atoms with E-state index in [-0.39, 0.29) is 12.6 Å². The first-order valence-corrected chi connectivity index (χ1v) is 11.7. The summed E-state index contributed by atoms with van der Waals surface area (Å²) in [5.74, 6) is 0. The van der Waals surface area contributed by atoms with Gasteiger partial charge in [-0.15, -0.1) is 0 Å². The van der Waals surface area contributed by atoms with Crippen LogP contribution in [-0.4, -0.2) is 64.7 Å². The van der Waals surface area contributed by atoms with E-state index in [9.17, 15) is 16.8 Å². The van der Waals surface area contributed by atoms with Gasteiger partial charge in [0.25, 0.3) is 0 Å². The highest BCUT2D eigenvalue weighted by Gasteiger charge is 2.37. The Bertz CT molecular complexity index is 567. The molecule has 6 nitrogen and oxygen atoms in total. The molecule has 0 heterocycles. The van der Waals surface area contributed by atoms with Gasteiger partial charge in [0, 0.05) is 19.8 Å². The Labute approximate surface area is 142 Å². The molecule has 140 valence electrons. The van der Waals surface area contributed by atoms with Crippen LogP contribution in [0.1, 0.15) is 47.5 Å². The topological polar surface area (TPSA) is 80.8 Å². The monoisotopic (exact) mass is 371 g/mol. The first-order chi connectivity index (χ1) is 10.1. The lowest BCUT2D eigenvalue weighted by molar-refractivity contribution is -0.0665. The van der Waals surface area contributed by atoms with Gasteiger partial charge in [-0.3, -0.25) is 0 Å². The Hall–Kier alpha value is -0.180. The molecule has 23 heavy (non-hydrogen) atoms. The molecule has 0 aromatic heterocycles. The average Bonchev–Trinajstić information content (AvgIpc) is 2.31. The predicted octanol–water partition coefficient (Wildman–Crippen LogP) is 1.91. The van der Waals surface area contributed by atoms with E-state index >= 15 is 0 Å².